The summed E-state index contributed by atoms with van der Waals surface area (Å²) in [5.41, 5.74) is 0.0351. The molecule has 0 aromatic heterocycles. The van der Waals surface area contributed by atoms with Crippen LogP contribution in [0.3, 0.4) is 0 Å². The largest absolute Gasteiger partial charge is 0.494 e. The average molecular weight is 361 g/mol. The van der Waals surface area contributed by atoms with Gasteiger partial charge in [0.1, 0.15) is 11.4 Å². The summed E-state index contributed by atoms with van der Waals surface area (Å²) in [4.78, 5) is 27.0. The number of amides is 1. The third-order valence-corrected chi connectivity index (χ3v) is 4.34. The van der Waals surface area contributed by atoms with Crippen molar-refractivity contribution in [2.75, 3.05) is 13.2 Å². The topological polar surface area (TPSA) is 55.8 Å². The van der Waals surface area contributed by atoms with Crippen LogP contribution in [0.5, 0.6) is 5.75 Å². The summed E-state index contributed by atoms with van der Waals surface area (Å²) in [5, 5.41) is 0. The molecule has 0 unspecified atom stereocenters. The van der Waals surface area contributed by atoms with Crippen LogP contribution >= 0.6 is 0 Å². The van der Waals surface area contributed by atoms with Gasteiger partial charge in [-0.1, -0.05) is 13.3 Å². The molecule has 1 amide bonds. The zero-order valence-corrected chi connectivity index (χ0v) is 16.4. The van der Waals surface area contributed by atoms with E-state index in [0.29, 0.717) is 25.1 Å². The number of ketones is 1. The maximum atomic E-state index is 13.0. The second kappa shape index (κ2) is 9.06. The van der Waals surface area contributed by atoms with Crippen molar-refractivity contribution < 1.29 is 19.1 Å². The monoisotopic (exact) mass is 361 g/mol. The van der Waals surface area contributed by atoms with E-state index >= 15 is 0 Å². The Morgan fingerprint density at radius 2 is 1.85 bits per heavy atom. The number of likely N-dealkylation sites (tertiary alicyclic amines) is 1. The number of nitrogens with zero attached hydrogens (tertiary/aromatic N) is 1. The highest BCUT2D eigenvalue weighted by Crippen LogP contribution is 2.24. The van der Waals surface area contributed by atoms with Gasteiger partial charge in [0.15, 0.2) is 5.78 Å². The lowest BCUT2D eigenvalue weighted by molar-refractivity contribution is 0.0105. The third-order valence-electron chi connectivity index (χ3n) is 4.34. The highest BCUT2D eigenvalue weighted by molar-refractivity contribution is 6.01. The second-order valence-corrected chi connectivity index (χ2v) is 7.78. The number of Topliss-reactive ketones (excluding diaryl/α,β-unsaturated/α-hetero) is 1. The molecule has 0 saturated carbocycles. The van der Waals surface area contributed by atoms with Crippen LogP contribution in [-0.2, 0) is 4.74 Å². The van der Waals surface area contributed by atoms with Gasteiger partial charge in [-0.15, -0.1) is 0 Å². The fraction of sp³-hybridized carbons (Fsp3) is 0.619. The van der Waals surface area contributed by atoms with Gasteiger partial charge in [0.2, 0.25) is 0 Å². The Morgan fingerprint density at radius 3 is 2.46 bits per heavy atom. The van der Waals surface area contributed by atoms with E-state index in [2.05, 4.69) is 6.92 Å². The molecule has 5 nitrogen and oxygen atoms in total. The van der Waals surface area contributed by atoms with Crippen molar-refractivity contribution >= 4 is 11.9 Å². The van der Waals surface area contributed by atoms with Crippen molar-refractivity contribution in [3.8, 4) is 5.75 Å². The Hall–Kier alpha value is -2.04. The quantitative estimate of drug-likeness (QED) is 0.537. The lowest BCUT2D eigenvalue weighted by Gasteiger charge is -2.35. The van der Waals surface area contributed by atoms with Gasteiger partial charge in [-0.2, -0.15) is 0 Å². The predicted octanol–water partition coefficient (Wildman–Crippen LogP) is 4.84. The molecule has 0 spiro atoms. The number of rotatable bonds is 6. The summed E-state index contributed by atoms with van der Waals surface area (Å²) in [6.07, 6.45) is 4.19. The van der Waals surface area contributed by atoms with E-state index < -0.39 is 17.7 Å². The molecule has 1 fully saturated rings. The minimum absolute atomic E-state index is 0.0318. The van der Waals surface area contributed by atoms with Crippen molar-refractivity contribution in [3.63, 3.8) is 0 Å². The maximum absolute atomic E-state index is 13.0. The van der Waals surface area contributed by atoms with Crippen LogP contribution in [0, 0.1) is 0 Å². The molecule has 0 N–H and O–H groups in total. The Kier molecular flexibility index (Phi) is 7.06. The molecule has 5 heteroatoms. The third kappa shape index (κ3) is 5.75. The van der Waals surface area contributed by atoms with E-state index in [-0.39, 0.29) is 5.78 Å². The summed E-state index contributed by atoms with van der Waals surface area (Å²) in [5.74, 6) is 0.735. The molecule has 0 radical (unpaired) electrons. The summed E-state index contributed by atoms with van der Waals surface area (Å²) in [6.45, 7) is 8.86. The van der Waals surface area contributed by atoms with Gasteiger partial charge in [0, 0.05) is 12.1 Å². The highest BCUT2D eigenvalue weighted by atomic mass is 16.6. The number of unbranched alkanes of at least 4 members (excludes halogenated alkanes) is 1. The van der Waals surface area contributed by atoms with Gasteiger partial charge in [-0.05, 0) is 70.7 Å². The first-order valence-corrected chi connectivity index (χ1v) is 9.58. The van der Waals surface area contributed by atoms with Crippen LogP contribution in [0.15, 0.2) is 24.3 Å². The predicted molar refractivity (Wildman–Crippen MR) is 102 cm³/mol. The second-order valence-electron chi connectivity index (χ2n) is 7.78. The normalized spacial score (nSPS) is 17.7. The number of ether oxygens (including phenoxy) is 2. The molecule has 26 heavy (non-hydrogen) atoms. The van der Waals surface area contributed by atoms with Crippen molar-refractivity contribution in [1.29, 1.82) is 0 Å². The van der Waals surface area contributed by atoms with Crippen LogP contribution < -0.4 is 4.74 Å². The number of carbonyl (C=O) groups excluding carboxylic acids is 2. The van der Waals surface area contributed by atoms with Crippen LogP contribution in [0.25, 0.3) is 0 Å². The molecule has 144 valence electrons. The number of carbonyl (C=O) groups is 2. The molecule has 1 aromatic carbocycles. The van der Waals surface area contributed by atoms with Crippen LogP contribution in [0.4, 0.5) is 4.79 Å². The van der Waals surface area contributed by atoms with Gasteiger partial charge in [-0.3, -0.25) is 9.69 Å². The van der Waals surface area contributed by atoms with E-state index in [0.717, 1.165) is 31.4 Å². The number of hydrogen-bond acceptors (Lipinski definition) is 4. The fourth-order valence-corrected chi connectivity index (χ4v) is 2.99. The molecule has 2 rings (SSSR count). The van der Waals surface area contributed by atoms with E-state index in [9.17, 15) is 9.59 Å². The summed E-state index contributed by atoms with van der Waals surface area (Å²) in [6, 6.07) is 6.76. The van der Waals surface area contributed by atoms with Gasteiger partial charge >= 0.3 is 6.09 Å². The number of piperidine rings is 1. The summed E-state index contributed by atoms with van der Waals surface area (Å²) in [7, 11) is 0. The summed E-state index contributed by atoms with van der Waals surface area (Å²) < 4.78 is 11.1. The van der Waals surface area contributed by atoms with Gasteiger partial charge < -0.3 is 9.47 Å². The molecule has 1 atom stereocenters. The first-order valence-electron chi connectivity index (χ1n) is 9.58. The standard InChI is InChI=1S/C21H31NO4/c1-5-6-15-25-17-12-10-16(11-13-17)19(23)18-9-7-8-14-22(18)20(24)26-21(2,3)4/h10-13,18H,5-9,14-15H2,1-4H3/t18-/m0/s1. The van der Waals surface area contributed by atoms with Crippen molar-refractivity contribution in [2.45, 2.75) is 71.4 Å². The zero-order chi connectivity index (χ0) is 19.2. The van der Waals surface area contributed by atoms with E-state index in [1.165, 1.54) is 0 Å². The molecule has 0 bridgehead atoms. The lowest BCUT2D eigenvalue weighted by Crippen LogP contribution is -2.49. The molecule has 1 heterocycles. The average Bonchev–Trinajstić information content (AvgIpc) is 2.60. The molecule has 1 aromatic rings. The fourth-order valence-electron chi connectivity index (χ4n) is 2.99. The van der Waals surface area contributed by atoms with E-state index in [1.807, 2.05) is 32.9 Å². The maximum Gasteiger partial charge on any atom is 0.410 e. The smallest absolute Gasteiger partial charge is 0.410 e. The van der Waals surface area contributed by atoms with Crippen molar-refractivity contribution in [1.82, 2.24) is 4.90 Å². The Bertz CT molecular complexity index is 603. The molecule has 1 aliphatic rings. The molecule has 1 saturated heterocycles. The Morgan fingerprint density at radius 1 is 1.15 bits per heavy atom. The van der Waals surface area contributed by atoms with Crippen molar-refractivity contribution in [2.24, 2.45) is 0 Å². The first kappa shape index (κ1) is 20.3. The molecule has 0 aliphatic carbocycles. The minimum atomic E-state index is -0.570. The van der Waals surface area contributed by atoms with Crippen LogP contribution in [0.1, 0.15) is 70.2 Å². The Labute approximate surface area is 156 Å². The van der Waals surface area contributed by atoms with Crippen LogP contribution in [-0.4, -0.2) is 41.6 Å². The van der Waals surface area contributed by atoms with E-state index in [1.54, 1.807) is 17.0 Å². The molecular weight excluding hydrogens is 330 g/mol. The minimum Gasteiger partial charge on any atom is -0.494 e. The van der Waals surface area contributed by atoms with Gasteiger partial charge in [-0.25, -0.2) is 4.79 Å². The molecule has 1 aliphatic heterocycles. The SMILES string of the molecule is CCCCOc1ccc(C(=O)[C@@H]2CCCCN2C(=O)OC(C)(C)C)cc1. The zero-order valence-electron chi connectivity index (χ0n) is 16.4. The van der Waals surface area contributed by atoms with Gasteiger partial charge in [0.05, 0.1) is 12.6 Å². The highest BCUT2D eigenvalue weighted by Gasteiger charge is 2.35. The van der Waals surface area contributed by atoms with E-state index in [4.69, 9.17) is 9.47 Å². The van der Waals surface area contributed by atoms with Gasteiger partial charge in [0.25, 0.3) is 0 Å². The first-order chi connectivity index (χ1) is 12.3. The molecular formula is C21H31NO4. The Balaban J connectivity index is 2.06. The number of benzene rings is 1. The van der Waals surface area contributed by atoms with Crippen LogP contribution in [0.2, 0.25) is 0 Å². The number of hydrogen-bond donors (Lipinski definition) is 0. The van der Waals surface area contributed by atoms with Crippen molar-refractivity contribution in [3.05, 3.63) is 29.8 Å². The summed E-state index contributed by atoms with van der Waals surface area (Å²) >= 11 is 0. The lowest BCUT2D eigenvalue weighted by atomic mass is 9.94.